The Labute approximate surface area is 154 Å². The van der Waals surface area contributed by atoms with E-state index in [1.54, 1.807) is 0 Å². The molecular weight excluding hydrogens is 334 g/mol. The summed E-state index contributed by atoms with van der Waals surface area (Å²) in [5.41, 5.74) is 2.78. The monoisotopic (exact) mass is 363 g/mol. The van der Waals surface area contributed by atoms with E-state index in [2.05, 4.69) is 43.4 Å². The van der Waals surface area contributed by atoms with Crippen molar-refractivity contribution in [2.24, 2.45) is 0 Å². The molecule has 26 heavy (non-hydrogen) atoms. The molecule has 6 nitrogen and oxygen atoms in total. The molecule has 1 aromatic carbocycles. The van der Waals surface area contributed by atoms with Crippen LogP contribution in [0.4, 0.5) is 0 Å². The van der Waals surface area contributed by atoms with E-state index >= 15 is 0 Å². The van der Waals surface area contributed by atoms with Crippen LogP contribution in [0.5, 0.6) is 0 Å². The maximum absolute atomic E-state index is 9.55. The van der Waals surface area contributed by atoms with E-state index in [4.69, 9.17) is 14.9 Å². The van der Waals surface area contributed by atoms with Crippen LogP contribution in [0.1, 0.15) is 56.6 Å². The molecule has 0 aromatic heterocycles. The first-order valence-electron chi connectivity index (χ1n) is 8.92. The van der Waals surface area contributed by atoms with Crippen LogP contribution in [0, 0.1) is 0 Å². The van der Waals surface area contributed by atoms with Crippen LogP contribution in [-0.2, 0) is 20.9 Å². The molecule has 1 aromatic rings. The molecule has 0 aliphatic heterocycles. The molecule has 0 heterocycles. The number of carbonyl (C=O) groups is 2. The molecular formula is C20H29NO5. The third-order valence-corrected chi connectivity index (χ3v) is 4.04. The molecule has 2 rings (SSSR count). The van der Waals surface area contributed by atoms with Crippen LogP contribution in [0.25, 0.3) is 0 Å². The minimum atomic E-state index is -1.26. The third-order valence-electron chi connectivity index (χ3n) is 4.04. The second-order valence-electron chi connectivity index (χ2n) is 6.58. The zero-order chi connectivity index (χ0) is 19.4. The summed E-state index contributed by atoms with van der Waals surface area (Å²) in [7, 11) is 0. The van der Waals surface area contributed by atoms with Crippen molar-refractivity contribution in [3.63, 3.8) is 0 Å². The molecule has 0 amide bonds. The Morgan fingerprint density at radius 1 is 1.12 bits per heavy atom. The first kappa shape index (κ1) is 21.9. The van der Waals surface area contributed by atoms with E-state index in [0.29, 0.717) is 31.5 Å². The number of hydrogen-bond acceptors (Lipinski definition) is 4. The van der Waals surface area contributed by atoms with Crippen molar-refractivity contribution < 1.29 is 24.5 Å². The highest BCUT2D eigenvalue weighted by Crippen LogP contribution is 2.33. The Morgan fingerprint density at radius 2 is 1.65 bits per heavy atom. The van der Waals surface area contributed by atoms with Gasteiger partial charge in [-0.05, 0) is 43.7 Å². The highest BCUT2D eigenvalue weighted by atomic mass is 16.5. The molecule has 0 spiro atoms. The van der Waals surface area contributed by atoms with Gasteiger partial charge in [-0.15, -0.1) is 0 Å². The molecule has 3 N–H and O–H groups in total. The maximum atomic E-state index is 9.55. The van der Waals surface area contributed by atoms with E-state index in [9.17, 15) is 9.59 Å². The van der Waals surface area contributed by atoms with Gasteiger partial charge in [0.2, 0.25) is 0 Å². The predicted molar refractivity (Wildman–Crippen MR) is 100.0 cm³/mol. The largest absolute Gasteiger partial charge is 0.478 e. The van der Waals surface area contributed by atoms with Crippen molar-refractivity contribution in [3.05, 3.63) is 47.5 Å². The Hall–Kier alpha value is -2.18. The van der Waals surface area contributed by atoms with E-state index in [-0.39, 0.29) is 0 Å². The molecule has 1 saturated carbocycles. The van der Waals surface area contributed by atoms with Gasteiger partial charge in [-0.3, -0.25) is 5.32 Å². The van der Waals surface area contributed by atoms with Gasteiger partial charge >= 0.3 is 11.9 Å². The number of carboxylic acids is 2. The van der Waals surface area contributed by atoms with Gasteiger partial charge in [-0.25, -0.2) is 9.59 Å². The van der Waals surface area contributed by atoms with Crippen LogP contribution in [0.15, 0.2) is 36.4 Å². The van der Waals surface area contributed by atoms with Gasteiger partial charge in [0, 0.05) is 18.2 Å². The topological polar surface area (TPSA) is 95.9 Å². The lowest BCUT2D eigenvalue weighted by atomic mass is 9.97. The van der Waals surface area contributed by atoms with E-state index in [1.807, 2.05) is 0 Å². The molecule has 1 aliphatic carbocycles. The summed E-state index contributed by atoms with van der Waals surface area (Å²) in [6, 6.07) is 9.47. The quantitative estimate of drug-likeness (QED) is 0.371. The van der Waals surface area contributed by atoms with Crippen LogP contribution in [0.2, 0.25) is 0 Å². The Bertz CT molecular complexity index is 558. The summed E-state index contributed by atoms with van der Waals surface area (Å²) in [6.45, 7) is 5.58. The van der Waals surface area contributed by atoms with Crippen molar-refractivity contribution in [1.29, 1.82) is 0 Å². The number of nitrogens with one attached hydrogen (secondary N) is 1. The number of carboxylic acid groups (broad SMARTS) is 2. The predicted octanol–water partition coefficient (Wildman–Crippen LogP) is 3.53. The molecule has 144 valence electrons. The highest BCUT2D eigenvalue weighted by Gasteiger charge is 2.16. The molecule has 6 heteroatoms. The Kier molecular flexibility index (Phi) is 10.3. The summed E-state index contributed by atoms with van der Waals surface area (Å²) < 4.78 is 5.58. The summed E-state index contributed by atoms with van der Waals surface area (Å²) in [4.78, 5) is 19.1. The van der Waals surface area contributed by atoms with Gasteiger partial charge in [0.05, 0.1) is 13.3 Å². The zero-order valence-corrected chi connectivity index (χ0v) is 15.5. The standard InChI is InChI=1S/C16H25NO.C4H4O4/c1-13(2)17-12-18-11-14-7-9-16(10-8-14)15-5-3-4-6-15;5-3(6)1-2-4(7)8/h7-10,13,15,17H,3-6,11-12H2,1-2H3;1-2H,(H,5,6)(H,7,8)/b;2-1-. The van der Waals surface area contributed by atoms with Gasteiger partial charge < -0.3 is 14.9 Å². The molecule has 0 unspecified atom stereocenters. The van der Waals surface area contributed by atoms with Gasteiger partial charge in [0.15, 0.2) is 0 Å². The van der Waals surface area contributed by atoms with Crippen molar-refractivity contribution in [1.82, 2.24) is 5.32 Å². The molecule has 0 bridgehead atoms. The average molecular weight is 363 g/mol. The fourth-order valence-corrected chi connectivity index (χ4v) is 2.68. The first-order chi connectivity index (χ1) is 12.4. The number of benzene rings is 1. The van der Waals surface area contributed by atoms with Gasteiger partial charge in [0.1, 0.15) is 0 Å². The minimum absolute atomic E-state index is 0.481. The summed E-state index contributed by atoms with van der Waals surface area (Å²) in [6.07, 6.45) is 6.65. The lowest BCUT2D eigenvalue weighted by Crippen LogP contribution is -2.25. The molecule has 1 aliphatic rings. The Balaban J connectivity index is 0.000000359. The van der Waals surface area contributed by atoms with E-state index in [1.165, 1.54) is 36.8 Å². The number of hydrogen-bond donors (Lipinski definition) is 3. The summed E-state index contributed by atoms with van der Waals surface area (Å²) >= 11 is 0. The SMILES string of the molecule is CC(C)NCOCc1ccc(C2CCCC2)cc1.O=C(O)/C=C\C(=O)O. The van der Waals surface area contributed by atoms with Gasteiger partial charge in [0.25, 0.3) is 0 Å². The third kappa shape index (κ3) is 9.96. The fourth-order valence-electron chi connectivity index (χ4n) is 2.68. The second kappa shape index (κ2) is 12.2. The van der Waals surface area contributed by atoms with Crippen LogP contribution in [-0.4, -0.2) is 34.9 Å². The number of aliphatic carboxylic acids is 2. The zero-order valence-electron chi connectivity index (χ0n) is 15.5. The smallest absolute Gasteiger partial charge is 0.328 e. The number of ether oxygens (including phenoxy) is 1. The van der Waals surface area contributed by atoms with Crippen molar-refractivity contribution >= 4 is 11.9 Å². The fraction of sp³-hybridized carbons (Fsp3) is 0.500. The normalized spacial score (nSPS) is 14.4. The molecule has 1 fully saturated rings. The van der Waals surface area contributed by atoms with Crippen LogP contribution >= 0.6 is 0 Å². The van der Waals surface area contributed by atoms with Crippen LogP contribution < -0.4 is 5.32 Å². The Morgan fingerprint density at radius 3 is 2.12 bits per heavy atom. The van der Waals surface area contributed by atoms with E-state index in [0.717, 1.165) is 5.92 Å². The summed E-state index contributed by atoms with van der Waals surface area (Å²) in [5, 5.41) is 18.9. The van der Waals surface area contributed by atoms with E-state index < -0.39 is 11.9 Å². The van der Waals surface area contributed by atoms with Gasteiger partial charge in [-0.2, -0.15) is 0 Å². The van der Waals surface area contributed by atoms with Gasteiger partial charge in [-0.1, -0.05) is 37.1 Å². The molecule has 0 radical (unpaired) electrons. The second-order valence-corrected chi connectivity index (χ2v) is 6.58. The van der Waals surface area contributed by atoms with Crippen molar-refractivity contribution in [2.75, 3.05) is 6.73 Å². The summed E-state index contributed by atoms with van der Waals surface area (Å²) in [5.74, 6) is -1.71. The lowest BCUT2D eigenvalue weighted by Gasteiger charge is -2.11. The van der Waals surface area contributed by atoms with Crippen molar-refractivity contribution in [3.8, 4) is 0 Å². The molecule has 0 atom stereocenters. The lowest BCUT2D eigenvalue weighted by molar-refractivity contribution is -0.134. The number of rotatable bonds is 8. The average Bonchev–Trinajstić information content (AvgIpc) is 3.12. The van der Waals surface area contributed by atoms with Crippen LogP contribution in [0.3, 0.4) is 0 Å². The minimum Gasteiger partial charge on any atom is -0.478 e. The molecule has 0 saturated heterocycles. The maximum Gasteiger partial charge on any atom is 0.328 e. The first-order valence-corrected chi connectivity index (χ1v) is 8.92. The highest BCUT2D eigenvalue weighted by molar-refractivity contribution is 5.89. The van der Waals surface area contributed by atoms with Crippen molar-refractivity contribution in [2.45, 2.75) is 58.1 Å².